The van der Waals surface area contributed by atoms with Crippen LogP contribution in [0.15, 0.2) is 43.0 Å². The third-order valence-corrected chi connectivity index (χ3v) is 12.3. The van der Waals surface area contributed by atoms with Crippen LogP contribution in [0.25, 0.3) is 0 Å². The van der Waals surface area contributed by atoms with Gasteiger partial charge in [-0.1, -0.05) is 105 Å². The van der Waals surface area contributed by atoms with E-state index < -0.39 is 74.6 Å². The molecule has 1 aliphatic heterocycles. The Hall–Kier alpha value is -3.78. The predicted octanol–water partition coefficient (Wildman–Crippen LogP) is 3.22. The summed E-state index contributed by atoms with van der Waals surface area (Å²) in [6, 6.07) is 4.95. The van der Waals surface area contributed by atoms with Gasteiger partial charge in [0.1, 0.15) is 12.1 Å². The number of Topliss-reactive ketones (excluding diaryl/α,β-unsaturated/α-hetero) is 1. The van der Waals surface area contributed by atoms with E-state index in [2.05, 4.69) is 41.7 Å². The minimum absolute atomic E-state index is 0.00204. The van der Waals surface area contributed by atoms with Crippen molar-refractivity contribution in [3.05, 3.63) is 48.6 Å². The number of fused-ring (bicyclic) bond motifs is 1. The highest BCUT2D eigenvalue weighted by Crippen LogP contribution is 2.65. The molecular weight excluding hydrogens is 697 g/mol. The number of nitrogens with zero attached hydrogens (tertiary/aromatic N) is 2. The summed E-state index contributed by atoms with van der Waals surface area (Å²) in [6.45, 7) is 19.4. The van der Waals surface area contributed by atoms with E-state index >= 15 is 0 Å². The third-order valence-electron chi connectivity index (χ3n) is 11.1. The molecule has 3 aliphatic rings. The van der Waals surface area contributed by atoms with Crippen LogP contribution in [-0.4, -0.2) is 97.2 Å². The van der Waals surface area contributed by atoms with Crippen LogP contribution in [0.4, 0.5) is 4.79 Å². The highest BCUT2D eigenvalue weighted by molar-refractivity contribution is 7.88. The number of hydrogen-bond donors (Lipinski definition) is 4. The first-order chi connectivity index (χ1) is 24.5. The zero-order valence-electron chi connectivity index (χ0n) is 32.8. The van der Waals surface area contributed by atoms with Crippen LogP contribution in [0.3, 0.4) is 0 Å². The van der Waals surface area contributed by atoms with Gasteiger partial charge in [0.05, 0.1) is 12.3 Å². The normalized spacial score (nSPS) is 22.5. The molecule has 14 heteroatoms. The van der Waals surface area contributed by atoms with Crippen molar-refractivity contribution >= 4 is 39.6 Å². The van der Waals surface area contributed by atoms with Crippen molar-refractivity contribution in [2.24, 2.45) is 34.0 Å². The molecule has 4 N–H and O–H groups in total. The molecule has 1 heterocycles. The number of rotatable bonds is 16. The Kier molecular flexibility index (Phi) is 12.6. The van der Waals surface area contributed by atoms with E-state index in [1.165, 1.54) is 15.3 Å². The Bertz CT molecular complexity index is 1660. The summed E-state index contributed by atoms with van der Waals surface area (Å²) in [5, 5.41) is 11.2. The van der Waals surface area contributed by atoms with Crippen LogP contribution in [0.2, 0.25) is 0 Å². The fourth-order valence-corrected chi connectivity index (χ4v) is 8.19. The van der Waals surface area contributed by atoms with Crippen LogP contribution >= 0.6 is 0 Å². The summed E-state index contributed by atoms with van der Waals surface area (Å²) in [6.07, 6.45) is 4.77. The van der Waals surface area contributed by atoms with Gasteiger partial charge in [-0.25, -0.2) is 13.2 Å². The van der Waals surface area contributed by atoms with Crippen molar-refractivity contribution in [2.75, 3.05) is 25.9 Å². The molecule has 13 nitrogen and oxygen atoms in total. The highest BCUT2D eigenvalue weighted by atomic mass is 32.2. The van der Waals surface area contributed by atoms with Crippen LogP contribution in [0, 0.1) is 34.0 Å². The lowest BCUT2D eigenvalue weighted by molar-refractivity contribution is -0.145. The number of amides is 5. The quantitative estimate of drug-likeness (QED) is 0.148. The molecule has 294 valence electrons. The average Bonchev–Trinajstić information content (AvgIpc) is 3.91. The van der Waals surface area contributed by atoms with E-state index in [0.717, 1.165) is 24.7 Å². The third kappa shape index (κ3) is 10.5. The maximum atomic E-state index is 14.5. The lowest BCUT2D eigenvalue weighted by Crippen LogP contribution is -2.62. The van der Waals surface area contributed by atoms with Crippen LogP contribution in [-0.2, 0) is 35.7 Å². The molecule has 4 rings (SSSR count). The molecule has 1 aromatic carbocycles. The molecule has 1 saturated heterocycles. The zero-order chi connectivity index (χ0) is 39.7. The summed E-state index contributed by atoms with van der Waals surface area (Å²) in [7, 11) is -3.66. The zero-order valence-corrected chi connectivity index (χ0v) is 33.6. The number of urea groups is 1. The van der Waals surface area contributed by atoms with Gasteiger partial charge in [0.15, 0.2) is 0 Å². The minimum Gasteiger partial charge on any atom is -0.346 e. The number of carbonyl (C=O) groups is 5. The Labute approximate surface area is 315 Å². The number of sulfonamides is 1. The van der Waals surface area contributed by atoms with Crippen LogP contribution in [0.5, 0.6) is 0 Å². The lowest BCUT2D eigenvalue weighted by atomic mass is 9.85. The van der Waals surface area contributed by atoms with Crippen molar-refractivity contribution in [1.82, 2.24) is 30.5 Å². The second-order valence-corrected chi connectivity index (χ2v) is 19.9. The second-order valence-electron chi connectivity index (χ2n) is 17.9. The first-order valence-electron chi connectivity index (χ1n) is 18.6. The Morgan fingerprint density at radius 3 is 2.13 bits per heavy atom. The summed E-state index contributed by atoms with van der Waals surface area (Å²) in [5.41, 5.74) is -0.767. The minimum atomic E-state index is -3.66. The van der Waals surface area contributed by atoms with Crippen molar-refractivity contribution in [3.63, 3.8) is 0 Å². The lowest BCUT2D eigenvalue weighted by Gasteiger charge is -2.39. The Morgan fingerprint density at radius 1 is 0.981 bits per heavy atom. The topological polar surface area (TPSA) is 174 Å². The number of nitrogens with one attached hydrogen (secondary N) is 4. The second kappa shape index (κ2) is 15.9. The fraction of sp³-hybridized carbons (Fsp3) is 0.667. The van der Waals surface area contributed by atoms with E-state index in [9.17, 15) is 32.4 Å². The number of carbonyl (C=O) groups excluding carboxylic acids is 5. The summed E-state index contributed by atoms with van der Waals surface area (Å²) in [5.74, 6) is -2.33. The van der Waals surface area contributed by atoms with Gasteiger partial charge in [0.25, 0.3) is 5.91 Å². The van der Waals surface area contributed by atoms with Crippen molar-refractivity contribution < 1.29 is 32.4 Å². The fourth-order valence-electron chi connectivity index (χ4n) is 7.39. The van der Waals surface area contributed by atoms with Gasteiger partial charge in [0, 0.05) is 32.2 Å². The van der Waals surface area contributed by atoms with E-state index in [1.54, 1.807) is 0 Å². The average molecular weight is 757 g/mol. The monoisotopic (exact) mass is 756 g/mol. The smallest absolute Gasteiger partial charge is 0.315 e. The number of hydrogen-bond acceptors (Lipinski definition) is 7. The molecule has 0 bridgehead atoms. The predicted molar refractivity (Wildman–Crippen MR) is 204 cm³/mol. The van der Waals surface area contributed by atoms with Gasteiger partial charge in [0.2, 0.25) is 27.6 Å². The van der Waals surface area contributed by atoms with Gasteiger partial charge in [-0.05, 0) is 46.0 Å². The molecular formula is C39H60N6O7S. The molecule has 0 aromatic heterocycles. The molecule has 5 amide bonds. The van der Waals surface area contributed by atoms with Crippen LogP contribution in [0.1, 0.15) is 80.2 Å². The molecule has 2 aliphatic carbocycles. The Balaban J connectivity index is 1.54. The number of likely N-dealkylation sites (tertiary alicyclic amines) is 1. The maximum absolute atomic E-state index is 14.5. The van der Waals surface area contributed by atoms with Gasteiger partial charge in [-0.2, -0.15) is 4.31 Å². The van der Waals surface area contributed by atoms with E-state index in [-0.39, 0.29) is 42.8 Å². The van der Waals surface area contributed by atoms with E-state index in [4.69, 9.17) is 0 Å². The molecule has 1 aromatic rings. The summed E-state index contributed by atoms with van der Waals surface area (Å²) < 4.78 is 27.1. The van der Waals surface area contributed by atoms with E-state index in [0.29, 0.717) is 13.0 Å². The van der Waals surface area contributed by atoms with Gasteiger partial charge in [-0.15, -0.1) is 6.58 Å². The SMILES string of the molecule is C=CCNC(=O)C(=O)C(CC1CC1)NC(=O)[C@@H]1[C@@H]2[C@H](CN1C(=O)[C@@H](NC(=O)N[C@H](CN(Cc1ccccc1)S(C)(=O)=O)C(C)(C)C)C(C)(C)C)C2(C)C. The number of ketones is 1. The molecule has 53 heavy (non-hydrogen) atoms. The van der Waals surface area contributed by atoms with Crippen molar-refractivity contribution in [1.29, 1.82) is 0 Å². The molecule has 0 spiro atoms. The molecule has 3 fully saturated rings. The summed E-state index contributed by atoms with van der Waals surface area (Å²) in [4.78, 5) is 69.8. The Morgan fingerprint density at radius 2 is 1.60 bits per heavy atom. The van der Waals surface area contributed by atoms with Gasteiger partial charge in [-0.3, -0.25) is 19.2 Å². The molecule has 0 radical (unpaired) electrons. The summed E-state index contributed by atoms with van der Waals surface area (Å²) >= 11 is 0. The van der Waals surface area contributed by atoms with Crippen LogP contribution < -0.4 is 21.3 Å². The van der Waals surface area contributed by atoms with Crippen molar-refractivity contribution in [2.45, 2.75) is 105 Å². The van der Waals surface area contributed by atoms with Crippen molar-refractivity contribution in [3.8, 4) is 0 Å². The number of piperidine rings is 1. The largest absolute Gasteiger partial charge is 0.346 e. The number of benzene rings is 1. The highest BCUT2D eigenvalue weighted by Gasteiger charge is 2.70. The van der Waals surface area contributed by atoms with Gasteiger partial charge >= 0.3 is 6.03 Å². The first-order valence-corrected chi connectivity index (χ1v) is 20.4. The standard InChI is InChI=1S/C39H60N6O7S/c1-11-19-40-34(48)31(46)27(20-24-17-18-24)41-33(47)30-29-26(39(29,8)9)22-45(30)35(49)32(38(5,6)7)43-36(50)42-28(37(2,3)4)23-44(53(10,51)52)21-25-15-13-12-14-16-25/h11-16,24,26-30,32H,1,17-23H2,2-10H3,(H,40,48)(H,41,47)(H2,42,43,50)/t26-,27?,28+,29-,30-,32+/m0/s1. The van der Waals surface area contributed by atoms with E-state index in [1.807, 2.05) is 71.9 Å². The molecule has 2 saturated carbocycles. The molecule has 6 atom stereocenters. The van der Waals surface area contributed by atoms with Gasteiger partial charge < -0.3 is 26.2 Å². The first kappa shape index (κ1) is 42.0. The molecule has 1 unspecified atom stereocenters. The maximum Gasteiger partial charge on any atom is 0.315 e.